The highest BCUT2D eigenvalue weighted by Gasteiger charge is 2.20. The zero-order valence-electron chi connectivity index (χ0n) is 13.6. The van der Waals surface area contributed by atoms with Crippen LogP contribution in [0.4, 0.5) is 14.8 Å². The maximum atomic E-state index is 12.6. The van der Waals surface area contributed by atoms with Gasteiger partial charge >= 0.3 is 12.0 Å². The number of urea groups is 1. The van der Waals surface area contributed by atoms with Crippen LogP contribution in [0.3, 0.4) is 0 Å². The Bertz CT molecular complexity index is 960. The Hall–Kier alpha value is -2.44. The highest BCUT2D eigenvalue weighted by Crippen LogP contribution is 2.33. The van der Waals surface area contributed by atoms with E-state index in [4.69, 9.17) is 11.5 Å². The molecule has 1 heterocycles. The molecule has 2 rings (SSSR count). The van der Waals surface area contributed by atoms with Crippen molar-refractivity contribution >= 4 is 77.0 Å². The van der Waals surface area contributed by atoms with Gasteiger partial charge in [-0.1, -0.05) is 11.3 Å². The van der Waals surface area contributed by atoms with Gasteiger partial charge in [0, 0.05) is 8.95 Å². The van der Waals surface area contributed by atoms with E-state index in [0.29, 0.717) is 8.95 Å². The summed E-state index contributed by atoms with van der Waals surface area (Å²) < 4.78 is 5.38. The van der Waals surface area contributed by atoms with E-state index in [1.165, 1.54) is 25.3 Å². The Morgan fingerprint density at radius 2 is 1.56 bits per heavy atom. The number of esters is 1. The van der Waals surface area contributed by atoms with Crippen molar-refractivity contribution in [3.8, 4) is 0 Å². The summed E-state index contributed by atoms with van der Waals surface area (Å²) in [5, 5.41) is 5.24. The molecule has 0 bridgehead atoms. The van der Waals surface area contributed by atoms with Crippen molar-refractivity contribution in [2.24, 2.45) is 11.5 Å². The van der Waals surface area contributed by atoms with Crippen LogP contribution < -0.4 is 22.1 Å². The van der Waals surface area contributed by atoms with Crippen molar-refractivity contribution in [1.82, 2.24) is 0 Å². The number of nitrogens with one attached hydrogen (secondary N) is 2. The van der Waals surface area contributed by atoms with E-state index < -0.39 is 23.8 Å². The fraction of sp³-hybridized carbons (Fsp3) is 0.0667. The summed E-state index contributed by atoms with van der Waals surface area (Å²) in [6, 6.07) is 3.33. The average Bonchev–Trinajstić information content (AvgIpc) is 2.97. The van der Waals surface area contributed by atoms with Crippen LogP contribution in [0.5, 0.6) is 0 Å². The van der Waals surface area contributed by atoms with E-state index in [1.54, 1.807) is 0 Å². The first-order valence-corrected chi connectivity index (χ1v) is 9.43. The van der Waals surface area contributed by atoms with E-state index >= 15 is 0 Å². The predicted molar refractivity (Wildman–Crippen MR) is 107 cm³/mol. The topological polar surface area (TPSA) is 154 Å². The molecule has 0 atom stereocenters. The number of ether oxygens (including phenoxy) is 1. The van der Waals surface area contributed by atoms with Gasteiger partial charge in [-0.3, -0.25) is 14.9 Å². The molecule has 0 aliphatic carbocycles. The van der Waals surface area contributed by atoms with Crippen molar-refractivity contribution in [1.29, 1.82) is 0 Å². The fourth-order valence-electron chi connectivity index (χ4n) is 2.01. The molecule has 4 amide bonds. The summed E-state index contributed by atoms with van der Waals surface area (Å²) in [5.74, 6) is -1.88. The Kier molecular flexibility index (Phi) is 6.57. The molecule has 0 radical (unpaired) electrons. The Balaban J connectivity index is 2.32. The standard InChI is InChI=1S/C15H12Br2N4O5S/c1-26-14(24)6-3-8(16)5(2-9(6)17)12(23)20-10-4-7(11(18)22)13(27-10)21-15(19)25/h2-4H,1H3,(H2,18,22)(H,20,23)(H3,19,21,25). The number of methoxy groups -OCH3 is 1. The lowest BCUT2D eigenvalue weighted by Crippen LogP contribution is -2.21. The molecule has 1 aromatic heterocycles. The van der Waals surface area contributed by atoms with Gasteiger partial charge in [0.15, 0.2) is 0 Å². The third kappa shape index (κ3) is 4.84. The molecule has 9 nitrogen and oxygen atoms in total. The molecule has 142 valence electrons. The minimum Gasteiger partial charge on any atom is -0.465 e. The van der Waals surface area contributed by atoms with E-state index in [2.05, 4.69) is 47.2 Å². The van der Waals surface area contributed by atoms with Gasteiger partial charge in [-0.25, -0.2) is 9.59 Å². The largest absolute Gasteiger partial charge is 0.465 e. The quantitative estimate of drug-likeness (QED) is 0.447. The van der Waals surface area contributed by atoms with Crippen LogP contribution in [-0.4, -0.2) is 30.9 Å². The first-order valence-electron chi connectivity index (χ1n) is 7.02. The molecule has 6 N–H and O–H groups in total. The minimum atomic E-state index is -0.873. The maximum absolute atomic E-state index is 12.6. The highest BCUT2D eigenvalue weighted by atomic mass is 79.9. The van der Waals surface area contributed by atoms with Gasteiger partial charge in [-0.2, -0.15) is 0 Å². The lowest BCUT2D eigenvalue weighted by atomic mass is 10.1. The number of halogens is 2. The summed E-state index contributed by atoms with van der Waals surface area (Å²) in [6.45, 7) is 0. The first-order chi connectivity index (χ1) is 12.6. The lowest BCUT2D eigenvalue weighted by molar-refractivity contribution is 0.0599. The zero-order valence-corrected chi connectivity index (χ0v) is 17.6. The number of anilines is 2. The Labute approximate surface area is 173 Å². The SMILES string of the molecule is COC(=O)c1cc(Br)c(C(=O)Nc2cc(C(N)=O)c(NC(N)=O)s2)cc1Br. The molecule has 0 aliphatic heterocycles. The molecular weight excluding hydrogens is 508 g/mol. The number of nitrogens with two attached hydrogens (primary N) is 2. The zero-order chi connectivity index (χ0) is 20.3. The van der Waals surface area contributed by atoms with Gasteiger partial charge in [0.2, 0.25) is 0 Å². The van der Waals surface area contributed by atoms with Crippen LogP contribution in [0.15, 0.2) is 27.1 Å². The molecule has 0 saturated carbocycles. The molecule has 2 aromatic rings. The Morgan fingerprint density at radius 1 is 0.963 bits per heavy atom. The highest BCUT2D eigenvalue weighted by molar-refractivity contribution is 9.11. The lowest BCUT2D eigenvalue weighted by Gasteiger charge is -2.09. The second kappa shape index (κ2) is 8.50. The summed E-state index contributed by atoms with van der Waals surface area (Å²) >= 11 is 7.37. The fourth-order valence-corrected chi connectivity index (χ4v) is 4.00. The summed E-state index contributed by atoms with van der Waals surface area (Å²) in [6.07, 6.45) is 0. The molecular formula is C15H12Br2N4O5S. The second-order valence-corrected chi connectivity index (χ2v) is 7.73. The first kappa shape index (κ1) is 20.9. The summed E-state index contributed by atoms with van der Waals surface area (Å²) in [5.41, 5.74) is 10.8. The molecule has 0 fully saturated rings. The van der Waals surface area contributed by atoms with Crippen LogP contribution in [0, 0.1) is 0 Å². The normalized spacial score (nSPS) is 10.2. The van der Waals surface area contributed by atoms with Gasteiger partial charge in [-0.05, 0) is 50.1 Å². The van der Waals surface area contributed by atoms with Gasteiger partial charge in [0.05, 0.1) is 28.8 Å². The number of carbonyl (C=O) groups is 4. The number of amides is 4. The van der Waals surface area contributed by atoms with Crippen molar-refractivity contribution in [2.45, 2.75) is 0 Å². The minimum absolute atomic E-state index is 0.00962. The number of primary amides is 2. The van der Waals surface area contributed by atoms with E-state index in [9.17, 15) is 19.2 Å². The van der Waals surface area contributed by atoms with Gasteiger partial charge in [-0.15, -0.1) is 0 Å². The Morgan fingerprint density at radius 3 is 2.11 bits per heavy atom. The molecule has 1 aromatic carbocycles. The average molecular weight is 520 g/mol. The number of thiophene rings is 1. The number of hydrogen-bond acceptors (Lipinski definition) is 6. The van der Waals surface area contributed by atoms with Crippen molar-refractivity contribution in [2.75, 3.05) is 17.7 Å². The number of benzene rings is 1. The second-order valence-electron chi connectivity index (χ2n) is 4.96. The van der Waals surface area contributed by atoms with Crippen LogP contribution >= 0.6 is 43.2 Å². The third-order valence-corrected chi connectivity index (χ3v) is 5.46. The van der Waals surface area contributed by atoms with Crippen LogP contribution in [-0.2, 0) is 4.74 Å². The smallest absolute Gasteiger partial charge is 0.339 e. The monoisotopic (exact) mass is 518 g/mol. The molecule has 27 heavy (non-hydrogen) atoms. The van der Waals surface area contributed by atoms with Crippen molar-refractivity contribution in [3.63, 3.8) is 0 Å². The van der Waals surface area contributed by atoms with E-state index in [-0.39, 0.29) is 26.7 Å². The van der Waals surface area contributed by atoms with Gasteiger partial charge in [0.25, 0.3) is 11.8 Å². The maximum Gasteiger partial charge on any atom is 0.339 e. The van der Waals surface area contributed by atoms with Crippen molar-refractivity contribution < 1.29 is 23.9 Å². The van der Waals surface area contributed by atoms with E-state index in [0.717, 1.165) is 11.3 Å². The van der Waals surface area contributed by atoms with E-state index in [1.807, 2.05) is 0 Å². The van der Waals surface area contributed by atoms with Crippen LogP contribution in [0.1, 0.15) is 31.1 Å². The summed E-state index contributed by atoms with van der Waals surface area (Å²) in [4.78, 5) is 46.7. The predicted octanol–water partition coefficient (Wildman–Crippen LogP) is 2.90. The molecule has 12 heteroatoms. The van der Waals surface area contributed by atoms with Crippen LogP contribution in [0.25, 0.3) is 0 Å². The van der Waals surface area contributed by atoms with Gasteiger partial charge in [0.1, 0.15) is 5.00 Å². The van der Waals surface area contributed by atoms with Crippen LogP contribution in [0.2, 0.25) is 0 Å². The third-order valence-electron chi connectivity index (χ3n) is 3.18. The van der Waals surface area contributed by atoms with Crippen molar-refractivity contribution in [3.05, 3.63) is 43.8 Å². The molecule has 0 saturated heterocycles. The number of rotatable bonds is 5. The number of carbonyl (C=O) groups excluding carboxylic acids is 4. The summed E-state index contributed by atoms with van der Waals surface area (Å²) in [7, 11) is 1.24. The molecule has 0 spiro atoms. The number of hydrogen-bond donors (Lipinski definition) is 4. The molecule has 0 aliphatic rings. The van der Waals surface area contributed by atoms with Gasteiger partial charge < -0.3 is 21.5 Å². The molecule has 0 unspecified atom stereocenters.